The van der Waals surface area contributed by atoms with E-state index in [0.717, 1.165) is 30.7 Å². The van der Waals surface area contributed by atoms with Gasteiger partial charge in [0.05, 0.1) is 7.11 Å². The number of carbonyl (C=O) groups is 1. The fourth-order valence-electron chi connectivity index (χ4n) is 3.56. The molecule has 25 heavy (non-hydrogen) atoms. The van der Waals surface area contributed by atoms with Crippen LogP contribution in [0.3, 0.4) is 0 Å². The van der Waals surface area contributed by atoms with Crippen LogP contribution in [-0.4, -0.2) is 43.3 Å². The molecule has 0 aromatic heterocycles. The normalized spacial score (nSPS) is 19.4. The minimum absolute atomic E-state index is 0.223. The van der Waals surface area contributed by atoms with Gasteiger partial charge in [-0.15, -0.1) is 0 Å². The fourth-order valence-corrected chi connectivity index (χ4v) is 3.56. The molecule has 1 fully saturated rings. The van der Waals surface area contributed by atoms with Crippen LogP contribution in [0.2, 0.25) is 0 Å². The third-order valence-electron chi connectivity index (χ3n) is 4.78. The van der Waals surface area contributed by atoms with Crippen LogP contribution in [0.1, 0.15) is 50.7 Å². The molecule has 0 saturated carbocycles. The molecule has 1 aromatic carbocycles. The third kappa shape index (κ3) is 5.11. The number of ether oxygens (including phenoxy) is 2. The van der Waals surface area contributed by atoms with Crippen LogP contribution >= 0.6 is 0 Å². The fraction of sp³-hybridized carbons (Fsp3) is 0.650. The van der Waals surface area contributed by atoms with Gasteiger partial charge in [-0.3, -0.25) is 0 Å². The van der Waals surface area contributed by atoms with Crippen molar-refractivity contribution in [2.45, 2.75) is 52.1 Å². The van der Waals surface area contributed by atoms with E-state index in [4.69, 9.17) is 15.2 Å². The first kappa shape index (κ1) is 19.6. The van der Waals surface area contributed by atoms with Crippen molar-refractivity contribution in [1.82, 2.24) is 4.90 Å². The number of aryl methyl sites for hydroxylation is 1. The SMILES string of the molecule is COc1ccc(C(CN)C2CCCN(C(=O)OC(C)(C)C)C2)cc1C. The van der Waals surface area contributed by atoms with E-state index in [-0.39, 0.29) is 12.0 Å². The monoisotopic (exact) mass is 348 g/mol. The summed E-state index contributed by atoms with van der Waals surface area (Å²) in [6.45, 7) is 9.76. The first-order valence-corrected chi connectivity index (χ1v) is 9.07. The Morgan fingerprint density at radius 1 is 1.40 bits per heavy atom. The van der Waals surface area contributed by atoms with Crippen LogP contribution in [-0.2, 0) is 4.74 Å². The van der Waals surface area contributed by atoms with Crippen LogP contribution in [0.5, 0.6) is 5.75 Å². The Bertz CT molecular complexity index is 595. The van der Waals surface area contributed by atoms with Gasteiger partial charge in [-0.2, -0.15) is 0 Å². The van der Waals surface area contributed by atoms with Gasteiger partial charge in [0.25, 0.3) is 0 Å². The highest BCUT2D eigenvalue weighted by Gasteiger charge is 2.32. The molecule has 5 heteroatoms. The van der Waals surface area contributed by atoms with Gasteiger partial charge < -0.3 is 20.1 Å². The van der Waals surface area contributed by atoms with E-state index in [2.05, 4.69) is 12.1 Å². The van der Waals surface area contributed by atoms with Crippen LogP contribution in [0.15, 0.2) is 18.2 Å². The molecule has 5 nitrogen and oxygen atoms in total. The molecule has 0 spiro atoms. The Hall–Kier alpha value is -1.75. The lowest BCUT2D eigenvalue weighted by Gasteiger charge is -2.37. The number of methoxy groups -OCH3 is 1. The lowest BCUT2D eigenvalue weighted by Crippen LogP contribution is -2.45. The van der Waals surface area contributed by atoms with E-state index < -0.39 is 5.60 Å². The van der Waals surface area contributed by atoms with E-state index in [9.17, 15) is 4.79 Å². The molecule has 1 saturated heterocycles. The molecule has 2 unspecified atom stereocenters. The number of benzene rings is 1. The first-order valence-electron chi connectivity index (χ1n) is 9.07. The van der Waals surface area contributed by atoms with Crippen molar-refractivity contribution >= 4 is 6.09 Å². The van der Waals surface area contributed by atoms with Gasteiger partial charge in [0, 0.05) is 19.0 Å². The van der Waals surface area contributed by atoms with Gasteiger partial charge in [-0.1, -0.05) is 12.1 Å². The van der Waals surface area contributed by atoms with Crippen molar-refractivity contribution in [3.63, 3.8) is 0 Å². The highest BCUT2D eigenvalue weighted by molar-refractivity contribution is 5.68. The summed E-state index contributed by atoms with van der Waals surface area (Å²) in [4.78, 5) is 14.2. The van der Waals surface area contributed by atoms with Gasteiger partial charge >= 0.3 is 6.09 Å². The Morgan fingerprint density at radius 2 is 2.12 bits per heavy atom. The Kier molecular flexibility index (Phi) is 6.33. The van der Waals surface area contributed by atoms with Gasteiger partial charge in [0.15, 0.2) is 0 Å². The molecule has 0 bridgehead atoms. The molecule has 1 aromatic rings. The lowest BCUT2D eigenvalue weighted by molar-refractivity contribution is 0.0152. The maximum absolute atomic E-state index is 12.4. The number of hydrogen-bond acceptors (Lipinski definition) is 4. The number of nitrogens with two attached hydrogens (primary N) is 1. The third-order valence-corrected chi connectivity index (χ3v) is 4.78. The number of likely N-dealkylation sites (tertiary alicyclic amines) is 1. The molecule has 1 amide bonds. The summed E-state index contributed by atoms with van der Waals surface area (Å²) in [6, 6.07) is 6.25. The van der Waals surface area contributed by atoms with E-state index >= 15 is 0 Å². The van der Waals surface area contributed by atoms with Crippen molar-refractivity contribution < 1.29 is 14.3 Å². The number of nitrogens with zero attached hydrogens (tertiary/aromatic N) is 1. The second-order valence-corrected chi connectivity index (χ2v) is 7.90. The molecule has 2 rings (SSSR count). The standard InChI is InChI=1S/C20H32N2O3/c1-14-11-15(8-9-18(14)24-5)17(12-21)16-7-6-10-22(13-16)19(23)25-20(2,3)4/h8-9,11,16-17H,6-7,10,12-13,21H2,1-5H3. The highest BCUT2D eigenvalue weighted by atomic mass is 16.6. The molecule has 1 aliphatic heterocycles. The second-order valence-electron chi connectivity index (χ2n) is 7.90. The summed E-state index contributed by atoms with van der Waals surface area (Å²) in [7, 11) is 1.68. The number of amides is 1. The minimum Gasteiger partial charge on any atom is -0.496 e. The molecule has 0 aliphatic carbocycles. The van der Waals surface area contributed by atoms with Gasteiger partial charge in [-0.25, -0.2) is 4.79 Å². The van der Waals surface area contributed by atoms with Gasteiger partial charge in [0.1, 0.15) is 11.4 Å². The van der Waals surface area contributed by atoms with Crippen molar-refractivity contribution in [3.8, 4) is 5.75 Å². The summed E-state index contributed by atoms with van der Waals surface area (Å²) in [5.74, 6) is 1.47. The number of carbonyl (C=O) groups excluding carboxylic acids is 1. The molecule has 1 heterocycles. The zero-order valence-corrected chi connectivity index (χ0v) is 16.2. The van der Waals surface area contributed by atoms with E-state index in [1.165, 1.54) is 5.56 Å². The predicted molar refractivity (Wildman–Crippen MR) is 100 cm³/mol. The number of rotatable bonds is 4. The predicted octanol–water partition coefficient (Wildman–Crippen LogP) is 3.69. The van der Waals surface area contributed by atoms with Crippen molar-refractivity contribution in [2.75, 3.05) is 26.7 Å². The topological polar surface area (TPSA) is 64.8 Å². The molecule has 140 valence electrons. The summed E-state index contributed by atoms with van der Waals surface area (Å²) in [5, 5.41) is 0. The van der Waals surface area contributed by atoms with Crippen LogP contribution < -0.4 is 10.5 Å². The average molecular weight is 348 g/mol. The van der Waals surface area contributed by atoms with Crippen molar-refractivity contribution in [3.05, 3.63) is 29.3 Å². The van der Waals surface area contributed by atoms with Crippen molar-refractivity contribution in [1.29, 1.82) is 0 Å². The van der Waals surface area contributed by atoms with Crippen molar-refractivity contribution in [2.24, 2.45) is 11.7 Å². The Morgan fingerprint density at radius 3 is 2.68 bits per heavy atom. The maximum Gasteiger partial charge on any atom is 0.410 e. The van der Waals surface area contributed by atoms with Gasteiger partial charge in [0.2, 0.25) is 0 Å². The summed E-state index contributed by atoms with van der Waals surface area (Å²) in [5.41, 5.74) is 7.97. The zero-order valence-electron chi connectivity index (χ0n) is 16.2. The first-order chi connectivity index (χ1) is 11.7. The van der Waals surface area contributed by atoms with E-state index in [0.29, 0.717) is 19.0 Å². The van der Waals surface area contributed by atoms with Crippen LogP contribution in [0.4, 0.5) is 4.79 Å². The largest absolute Gasteiger partial charge is 0.496 e. The zero-order chi connectivity index (χ0) is 18.6. The highest BCUT2D eigenvalue weighted by Crippen LogP contribution is 2.33. The van der Waals surface area contributed by atoms with Gasteiger partial charge in [-0.05, 0) is 70.2 Å². The lowest BCUT2D eigenvalue weighted by atomic mass is 9.80. The molecule has 2 N–H and O–H groups in total. The summed E-state index contributed by atoms with van der Waals surface area (Å²) >= 11 is 0. The Labute approximate surface area is 151 Å². The minimum atomic E-state index is -0.468. The smallest absolute Gasteiger partial charge is 0.410 e. The second kappa shape index (κ2) is 8.09. The van der Waals surface area contributed by atoms with E-state index in [1.807, 2.05) is 38.7 Å². The summed E-state index contributed by atoms with van der Waals surface area (Å²) < 4.78 is 10.9. The molecule has 0 radical (unpaired) electrons. The maximum atomic E-state index is 12.4. The average Bonchev–Trinajstić information content (AvgIpc) is 2.54. The molecule has 2 atom stereocenters. The van der Waals surface area contributed by atoms with E-state index in [1.54, 1.807) is 7.11 Å². The van der Waals surface area contributed by atoms with Crippen LogP contribution in [0, 0.1) is 12.8 Å². The Balaban J connectivity index is 2.12. The quantitative estimate of drug-likeness (QED) is 0.901. The van der Waals surface area contributed by atoms with Crippen LogP contribution in [0.25, 0.3) is 0 Å². The molecular formula is C20H32N2O3. The number of piperidine rings is 1. The number of hydrogen-bond donors (Lipinski definition) is 1. The summed E-state index contributed by atoms with van der Waals surface area (Å²) in [6.07, 6.45) is 1.83. The molecule has 1 aliphatic rings. The molecular weight excluding hydrogens is 316 g/mol.